The van der Waals surface area contributed by atoms with Gasteiger partial charge in [-0.15, -0.1) is 0 Å². The summed E-state index contributed by atoms with van der Waals surface area (Å²) in [5, 5.41) is 3.24. The molecular formula is C20H16Cl2N2O5. The predicted molar refractivity (Wildman–Crippen MR) is 108 cm³/mol. The lowest BCUT2D eigenvalue weighted by atomic mass is 10.2. The van der Waals surface area contributed by atoms with Gasteiger partial charge in [-0.05, 0) is 49.4 Å². The van der Waals surface area contributed by atoms with Crippen LogP contribution in [0.3, 0.4) is 0 Å². The number of hydrogen-bond donors (Lipinski definition) is 1. The third-order valence-electron chi connectivity index (χ3n) is 4.25. The van der Waals surface area contributed by atoms with Crippen molar-refractivity contribution in [2.24, 2.45) is 0 Å². The Morgan fingerprint density at radius 3 is 2.28 bits per heavy atom. The predicted octanol–water partition coefficient (Wildman–Crippen LogP) is 3.83. The first-order valence-corrected chi connectivity index (χ1v) is 9.44. The minimum absolute atomic E-state index is 0.173. The van der Waals surface area contributed by atoms with Crippen LogP contribution >= 0.6 is 23.2 Å². The number of amides is 3. The molecule has 0 aromatic heterocycles. The minimum Gasteiger partial charge on any atom is -0.449 e. The number of halogens is 2. The van der Waals surface area contributed by atoms with E-state index < -0.39 is 18.0 Å². The topological polar surface area (TPSA) is 92.8 Å². The van der Waals surface area contributed by atoms with E-state index >= 15 is 0 Å². The van der Waals surface area contributed by atoms with Gasteiger partial charge in [0.25, 0.3) is 5.91 Å². The molecule has 3 rings (SSSR count). The fourth-order valence-corrected chi connectivity index (χ4v) is 3.06. The number of benzene rings is 2. The van der Waals surface area contributed by atoms with Gasteiger partial charge in [-0.3, -0.25) is 19.3 Å². The molecule has 0 spiro atoms. The van der Waals surface area contributed by atoms with Crippen molar-refractivity contribution in [1.29, 1.82) is 0 Å². The van der Waals surface area contributed by atoms with Crippen molar-refractivity contribution in [2.45, 2.75) is 25.9 Å². The van der Waals surface area contributed by atoms with Crippen LogP contribution in [0.15, 0.2) is 42.5 Å². The average molecular weight is 435 g/mol. The lowest BCUT2D eigenvalue weighted by molar-refractivity contribution is -0.124. The van der Waals surface area contributed by atoms with E-state index in [1.165, 1.54) is 43.3 Å². The molecule has 0 bridgehead atoms. The lowest BCUT2D eigenvalue weighted by Crippen LogP contribution is -2.30. The van der Waals surface area contributed by atoms with Crippen LogP contribution in [0.1, 0.15) is 30.1 Å². The molecule has 3 amide bonds. The van der Waals surface area contributed by atoms with Crippen molar-refractivity contribution < 1.29 is 23.9 Å². The molecule has 1 aliphatic heterocycles. The summed E-state index contributed by atoms with van der Waals surface area (Å²) < 4.78 is 5.17. The standard InChI is InChI=1S/C20H16Cl2N2O5/c1-11(19(27)23-16-10-13(21)4-7-15(16)22)29-20(28)12-2-5-14(6-3-12)24-17(25)8-9-18(24)26/h2-7,10-11H,8-9H2,1H3,(H,23,27)/t11-/m0/s1. The monoisotopic (exact) mass is 434 g/mol. The van der Waals surface area contributed by atoms with Crippen molar-refractivity contribution in [3.8, 4) is 0 Å². The van der Waals surface area contributed by atoms with E-state index in [0.717, 1.165) is 4.90 Å². The van der Waals surface area contributed by atoms with Crippen LogP contribution in [-0.4, -0.2) is 29.8 Å². The molecule has 1 atom stereocenters. The number of esters is 1. The van der Waals surface area contributed by atoms with Crippen LogP contribution in [0, 0.1) is 0 Å². The smallest absolute Gasteiger partial charge is 0.338 e. The quantitative estimate of drug-likeness (QED) is 0.569. The summed E-state index contributed by atoms with van der Waals surface area (Å²) in [5.74, 6) is -1.87. The molecule has 0 saturated carbocycles. The van der Waals surface area contributed by atoms with Gasteiger partial charge in [0.2, 0.25) is 11.8 Å². The molecular weight excluding hydrogens is 419 g/mol. The Kier molecular flexibility index (Phi) is 6.20. The zero-order chi connectivity index (χ0) is 21.1. The summed E-state index contributed by atoms with van der Waals surface area (Å²) >= 11 is 11.9. The number of carbonyl (C=O) groups excluding carboxylic acids is 4. The van der Waals surface area contributed by atoms with Gasteiger partial charge in [-0.25, -0.2) is 4.79 Å². The van der Waals surface area contributed by atoms with E-state index in [4.69, 9.17) is 27.9 Å². The second-order valence-electron chi connectivity index (χ2n) is 6.33. The number of imide groups is 1. The highest BCUT2D eigenvalue weighted by Crippen LogP contribution is 2.26. The van der Waals surface area contributed by atoms with E-state index in [-0.39, 0.29) is 30.2 Å². The Bertz CT molecular complexity index is 975. The van der Waals surface area contributed by atoms with E-state index in [0.29, 0.717) is 21.4 Å². The number of ether oxygens (including phenoxy) is 1. The third kappa shape index (κ3) is 4.75. The first kappa shape index (κ1) is 20.8. The minimum atomic E-state index is -1.10. The second kappa shape index (κ2) is 8.63. The van der Waals surface area contributed by atoms with Crippen molar-refractivity contribution in [2.75, 3.05) is 10.2 Å². The van der Waals surface area contributed by atoms with Crippen LogP contribution < -0.4 is 10.2 Å². The highest BCUT2D eigenvalue weighted by atomic mass is 35.5. The van der Waals surface area contributed by atoms with Gasteiger partial charge in [0, 0.05) is 17.9 Å². The average Bonchev–Trinajstić information content (AvgIpc) is 3.03. The van der Waals surface area contributed by atoms with Crippen LogP contribution in [-0.2, 0) is 19.1 Å². The summed E-state index contributed by atoms with van der Waals surface area (Å²) in [6.07, 6.45) is -0.753. The van der Waals surface area contributed by atoms with E-state index in [1.807, 2.05) is 0 Å². The van der Waals surface area contributed by atoms with Gasteiger partial charge in [0.1, 0.15) is 0 Å². The molecule has 7 nitrogen and oxygen atoms in total. The summed E-state index contributed by atoms with van der Waals surface area (Å²) in [7, 11) is 0. The SMILES string of the molecule is C[C@H](OC(=O)c1ccc(N2C(=O)CCC2=O)cc1)C(=O)Nc1cc(Cl)ccc1Cl. The first-order chi connectivity index (χ1) is 13.8. The Balaban J connectivity index is 1.63. The number of rotatable bonds is 5. The maximum absolute atomic E-state index is 12.3. The Labute approximate surface area is 176 Å². The fraction of sp³-hybridized carbons (Fsp3) is 0.200. The lowest BCUT2D eigenvalue weighted by Gasteiger charge is -2.16. The summed E-state index contributed by atoms with van der Waals surface area (Å²) in [6.45, 7) is 1.42. The summed E-state index contributed by atoms with van der Waals surface area (Å²) in [4.78, 5) is 49.2. The third-order valence-corrected chi connectivity index (χ3v) is 4.82. The van der Waals surface area contributed by atoms with E-state index in [9.17, 15) is 19.2 Å². The van der Waals surface area contributed by atoms with Crippen molar-refractivity contribution in [3.05, 3.63) is 58.1 Å². The molecule has 0 unspecified atom stereocenters. The van der Waals surface area contributed by atoms with Gasteiger partial charge < -0.3 is 10.1 Å². The molecule has 1 heterocycles. The molecule has 0 radical (unpaired) electrons. The molecule has 150 valence electrons. The maximum Gasteiger partial charge on any atom is 0.338 e. The molecule has 0 aliphatic carbocycles. The highest BCUT2D eigenvalue weighted by Gasteiger charge is 2.30. The largest absolute Gasteiger partial charge is 0.449 e. The molecule has 1 aliphatic rings. The van der Waals surface area contributed by atoms with Gasteiger partial charge in [0.05, 0.1) is 22.0 Å². The molecule has 2 aromatic rings. The normalized spacial score (nSPS) is 14.7. The van der Waals surface area contributed by atoms with Gasteiger partial charge in [-0.2, -0.15) is 0 Å². The van der Waals surface area contributed by atoms with Gasteiger partial charge >= 0.3 is 5.97 Å². The van der Waals surface area contributed by atoms with Crippen LogP contribution in [0.4, 0.5) is 11.4 Å². The number of carbonyl (C=O) groups is 4. The van der Waals surface area contributed by atoms with Crippen LogP contribution in [0.2, 0.25) is 10.0 Å². The molecule has 2 aromatic carbocycles. The Morgan fingerprint density at radius 2 is 1.66 bits per heavy atom. The van der Waals surface area contributed by atoms with Gasteiger partial charge in [0.15, 0.2) is 6.10 Å². The van der Waals surface area contributed by atoms with Crippen molar-refractivity contribution >= 4 is 58.3 Å². The Morgan fingerprint density at radius 1 is 1.03 bits per heavy atom. The molecule has 9 heteroatoms. The zero-order valence-corrected chi connectivity index (χ0v) is 16.8. The number of anilines is 2. The highest BCUT2D eigenvalue weighted by molar-refractivity contribution is 6.35. The fourth-order valence-electron chi connectivity index (χ4n) is 2.72. The van der Waals surface area contributed by atoms with Gasteiger partial charge in [-0.1, -0.05) is 23.2 Å². The molecule has 29 heavy (non-hydrogen) atoms. The van der Waals surface area contributed by atoms with Crippen LogP contribution in [0.5, 0.6) is 0 Å². The molecule has 1 N–H and O–H groups in total. The van der Waals surface area contributed by atoms with Crippen molar-refractivity contribution in [3.63, 3.8) is 0 Å². The Hall–Kier alpha value is -2.90. The maximum atomic E-state index is 12.3. The number of hydrogen-bond acceptors (Lipinski definition) is 5. The molecule has 1 saturated heterocycles. The summed E-state index contributed by atoms with van der Waals surface area (Å²) in [6, 6.07) is 10.4. The number of nitrogens with one attached hydrogen (secondary N) is 1. The van der Waals surface area contributed by atoms with Crippen LogP contribution in [0.25, 0.3) is 0 Å². The zero-order valence-electron chi connectivity index (χ0n) is 15.3. The first-order valence-electron chi connectivity index (χ1n) is 8.69. The second-order valence-corrected chi connectivity index (χ2v) is 7.17. The molecule has 1 fully saturated rings. The summed E-state index contributed by atoms with van der Waals surface area (Å²) in [5.41, 5.74) is 0.861. The van der Waals surface area contributed by atoms with E-state index in [1.54, 1.807) is 6.07 Å². The van der Waals surface area contributed by atoms with E-state index in [2.05, 4.69) is 5.32 Å². The van der Waals surface area contributed by atoms with Crippen molar-refractivity contribution in [1.82, 2.24) is 0 Å². The number of nitrogens with zero attached hydrogens (tertiary/aromatic N) is 1.